The van der Waals surface area contributed by atoms with Crippen LogP contribution in [0.25, 0.3) is 0 Å². The summed E-state index contributed by atoms with van der Waals surface area (Å²) in [6, 6.07) is 1.67. The van der Waals surface area contributed by atoms with E-state index >= 15 is 0 Å². The van der Waals surface area contributed by atoms with Crippen LogP contribution < -0.4 is 0 Å². The van der Waals surface area contributed by atoms with Gasteiger partial charge in [-0.2, -0.15) is 8.78 Å². The number of benzene rings is 1. The van der Waals surface area contributed by atoms with E-state index in [9.17, 15) is 39.5 Å². The molecule has 2 nitrogen and oxygen atoms in total. The predicted octanol–water partition coefficient (Wildman–Crippen LogP) is 9.51. The molecule has 0 saturated heterocycles. The van der Waals surface area contributed by atoms with Crippen LogP contribution in [0.5, 0.6) is 0 Å². The highest BCUT2D eigenvalue weighted by atomic mass is 19.4. The van der Waals surface area contributed by atoms with E-state index in [1.54, 1.807) is 0 Å². The van der Waals surface area contributed by atoms with Gasteiger partial charge in [0, 0.05) is 0 Å². The van der Waals surface area contributed by atoms with Gasteiger partial charge in [0.2, 0.25) is 0 Å². The highest BCUT2D eigenvalue weighted by Crippen LogP contribution is 2.46. The normalized spacial score (nSPS) is 32.2. The van der Waals surface area contributed by atoms with Gasteiger partial charge in [-0.1, -0.05) is 26.2 Å². The fourth-order valence-corrected chi connectivity index (χ4v) is 6.23. The lowest BCUT2D eigenvalue weighted by molar-refractivity contribution is -0.388. The van der Waals surface area contributed by atoms with Gasteiger partial charge >= 0.3 is 12.5 Å². The fraction of sp³-hybridized carbons (Fsp3) is 0.643. The highest BCUT2D eigenvalue weighted by molar-refractivity contribution is 5.32. The molecular weight excluding hydrogens is 539 g/mol. The molecule has 11 heteroatoms. The molecule has 0 heterocycles. The molecular formula is C28H31F9O2. The van der Waals surface area contributed by atoms with Crippen LogP contribution in [0.3, 0.4) is 0 Å². The third kappa shape index (κ3) is 6.95. The van der Waals surface area contributed by atoms with E-state index in [1.165, 1.54) is 32.1 Å². The van der Waals surface area contributed by atoms with E-state index in [1.807, 2.05) is 0 Å². The molecule has 0 aliphatic heterocycles. The zero-order chi connectivity index (χ0) is 28.6. The first kappa shape index (κ1) is 29.8. The Labute approximate surface area is 221 Å². The fourth-order valence-electron chi connectivity index (χ4n) is 6.23. The molecule has 2 unspecified atom stereocenters. The van der Waals surface area contributed by atoms with Crippen molar-refractivity contribution in [3.8, 4) is 0 Å². The molecule has 3 aliphatic rings. The van der Waals surface area contributed by atoms with Crippen molar-refractivity contribution in [2.75, 3.05) is 0 Å². The van der Waals surface area contributed by atoms with Crippen LogP contribution in [0.1, 0.15) is 81.8 Å². The lowest BCUT2D eigenvalue weighted by Gasteiger charge is -2.38. The molecule has 2 atom stereocenters. The Morgan fingerprint density at radius 3 is 1.90 bits per heavy atom. The molecule has 1 aromatic rings. The van der Waals surface area contributed by atoms with E-state index < -0.39 is 47.5 Å². The molecule has 2 saturated carbocycles. The second kappa shape index (κ2) is 11.4. The Morgan fingerprint density at radius 2 is 1.41 bits per heavy atom. The molecule has 218 valence electrons. The monoisotopic (exact) mass is 570 g/mol. The smallest absolute Gasteiger partial charge is 0.429 e. The predicted molar refractivity (Wildman–Crippen MR) is 125 cm³/mol. The first-order valence-electron chi connectivity index (χ1n) is 13.3. The number of alkyl halides is 7. The maximum atomic E-state index is 14.8. The second-order valence-corrected chi connectivity index (χ2v) is 10.8. The van der Waals surface area contributed by atoms with Crippen molar-refractivity contribution in [1.29, 1.82) is 0 Å². The lowest BCUT2D eigenvalue weighted by Crippen LogP contribution is -2.41. The number of ether oxygens (including phenoxy) is 2. The number of hydrogen-bond donors (Lipinski definition) is 0. The molecule has 0 bridgehead atoms. The average molecular weight is 571 g/mol. The Kier molecular flexibility index (Phi) is 8.69. The lowest BCUT2D eigenvalue weighted by atomic mass is 9.68. The topological polar surface area (TPSA) is 18.5 Å². The van der Waals surface area contributed by atoms with Gasteiger partial charge in [-0.15, -0.1) is 13.2 Å². The van der Waals surface area contributed by atoms with Crippen LogP contribution >= 0.6 is 0 Å². The van der Waals surface area contributed by atoms with Gasteiger partial charge in [-0.05, 0) is 98.1 Å². The average Bonchev–Trinajstić information content (AvgIpc) is 2.85. The Balaban J connectivity index is 1.41. The Bertz CT molecular complexity index is 1040. The van der Waals surface area contributed by atoms with Crippen molar-refractivity contribution >= 4 is 0 Å². The summed E-state index contributed by atoms with van der Waals surface area (Å²) in [4.78, 5) is 0. The maximum Gasteiger partial charge on any atom is 0.525 e. The minimum atomic E-state index is -5.55. The van der Waals surface area contributed by atoms with Crippen LogP contribution in [0.4, 0.5) is 39.5 Å². The molecule has 3 aliphatic carbocycles. The summed E-state index contributed by atoms with van der Waals surface area (Å²) in [5, 5.41) is 0. The second-order valence-electron chi connectivity index (χ2n) is 10.8. The minimum Gasteiger partial charge on any atom is -0.429 e. The zero-order valence-corrected chi connectivity index (χ0v) is 21.4. The van der Waals surface area contributed by atoms with Crippen molar-refractivity contribution in [2.24, 2.45) is 17.8 Å². The quantitative estimate of drug-likeness (QED) is 0.304. The highest BCUT2D eigenvalue weighted by Gasteiger charge is 2.50. The van der Waals surface area contributed by atoms with Crippen LogP contribution in [-0.4, -0.2) is 18.4 Å². The molecule has 39 heavy (non-hydrogen) atoms. The molecule has 4 rings (SSSR count). The minimum absolute atomic E-state index is 0.0308. The number of halogens is 9. The molecule has 0 aromatic heterocycles. The van der Waals surface area contributed by atoms with Crippen LogP contribution in [0, 0.1) is 29.4 Å². The van der Waals surface area contributed by atoms with Gasteiger partial charge in [0.05, 0.1) is 0 Å². The van der Waals surface area contributed by atoms with Crippen LogP contribution in [0.15, 0.2) is 36.1 Å². The summed E-state index contributed by atoms with van der Waals surface area (Å²) in [6.07, 6.45) is -4.07. The van der Waals surface area contributed by atoms with Gasteiger partial charge in [0.1, 0.15) is 23.0 Å². The van der Waals surface area contributed by atoms with Gasteiger partial charge in [0.15, 0.2) is 6.17 Å². The van der Waals surface area contributed by atoms with E-state index in [0.717, 1.165) is 30.9 Å². The van der Waals surface area contributed by atoms with Crippen molar-refractivity contribution in [3.05, 3.63) is 58.9 Å². The zero-order valence-electron chi connectivity index (χ0n) is 21.4. The summed E-state index contributed by atoms with van der Waals surface area (Å²) in [6.45, 7) is 2.21. The number of hydrogen-bond acceptors (Lipinski definition) is 2. The summed E-state index contributed by atoms with van der Waals surface area (Å²) in [7, 11) is 0. The van der Waals surface area contributed by atoms with Crippen molar-refractivity contribution in [1.82, 2.24) is 0 Å². The summed E-state index contributed by atoms with van der Waals surface area (Å²) in [5.41, 5.74) is -1.48. The van der Waals surface area contributed by atoms with E-state index in [4.69, 9.17) is 0 Å². The largest absolute Gasteiger partial charge is 0.525 e. The van der Waals surface area contributed by atoms with Crippen molar-refractivity contribution < 1.29 is 49.0 Å². The van der Waals surface area contributed by atoms with Crippen molar-refractivity contribution in [2.45, 2.75) is 95.1 Å². The SMILES string of the molecule is CCC1CCC(C2CCC(c3cc(F)c(C(F)(F)OC4=CC(F)C(F)(OC(F)(F)F)C=C4)c(F)c3)CC2)CC1. The van der Waals surface area contributed by atoms with Gasteiger partial charge in [0.25, 0.3) is 5.85 Å². The third-order valence-electron chi connectivity index (χ3n) is 8.41. The summed E-state index contributed by atoms with van der Waals surface area (Å²) >= 11 is 0. The van der Waals surface area contributed by atoms with Gasteiger partial charge in [-0.25, -0.2) is 22.3 Å². The van der Waals surface area contributed by atoms with Gasteiger partial charge in [-0.3, -0.25) is 0 Å². The Morgan fingerprint density at radius 1 is 0.872 bits per heavy atom. The maximum absolute atomic E-state index is 14.8. The summed E-state index contributed by atoms with van der Waals surface area (Å²) < 4.78 is 131. The Hall–Kier alpha value is -2.17. The number of allylic oxidation sites excluding steroid dienone is 1. The van der Waals surface area contributed by atoms with E-state index in [0.29, 0.717) is 24.7 Å². The van der Waals surface area contributed by atoms with E-state index in [-0.39, 0.29) is 29.7 Å². The molecule has 1 aromatic carbocycles. The van der Waals surface area contributed by atoms with Crippen molar-refractivity contribution in [3.63, 3.8) is 0 Å². The summed E-state index contributed by atoms with van der Waals surface area (Å²) in [5.74, 6) is -6.49. The van der Waals surface area contributed by atoms with Crippen LogP contribution in [0.2, 0.25) is 0 Å². The third-order valence-corrected chi connectivity index (χ3v) is 8.41. The molecule has 0 spiro atoms. The first-order chi connectivity index (χ1) is 18.2. The molecule has 2 fully saturated rings. The first-order valence-corrected chi connectivity index (χ1v) is 13.3. The molecule has 0 N–H and O–H groups in total. The van der Waals surface area contributed by atoms with E-state index in [2.05, 4.69) is 16.4 Å². The van der Waals surface area contributed by atoms with Gasteiger partial charge < -0.3 is 4.74 Å². The molecule has 0 amide bonds. The molecule has 0 radical (unpaired) electrons. The van der Waals surface area contributed by atoms with Crippen LogP contribution in [-0.2, 0) is 15.6 Å². The number of rotatable bonds is 7. The standard InChI is InChI=1S/C28H31F9O2/c1-2-16-3-5-17(6-4-16)18-7-9-19(10-8-18)20-13-22(29)25(23(30)14-20)27(33,34)38-21-11-12-26(32,24(31)15-21)39-28(35,36)37/h11-19,24H,2-10H2,1H3.